The molecule has 5 nitrogen and oxygen atoms in total. The molecule has 2 heterocycles. The number of para-hydroxylation sites is 1. The lowest BCUT2D eigenvalue weighted by Gasteiger charge is -2.47. The summed E-state index contributed by atoms with van der Waals surface area (Å²) in [6.45, 7) is 1.71. The quantitative estimate of drug-likeness (QED) is 0.926. The Bertz CT molecular complexity index is 683. The van der Waals surface area contributed by atoms with Gasteiger partial charge in [-0.2, -0.15) is 0 Å². The normalized spacial score (nSPS) is 27.5. The molecule has 0 aromatic heterocycles. The van der Waals surface area contributed by atoms with Crippen molar-refractivity contribution in [3.05, 3.63) is 29.8 Å². The fourth-order valence-corrected chi connectivity index (χ4v) is 4.64. The topological polar surface area (TPSA) is 58.6 Å². The molecule has 2 amide bonds. The van der Waals surface area contributed by atoms with E-state index in [9.17, 15) is 9.59 Å². The highest BCUT2D eigenvalue weighted by Crippen LogP contribution is 2.47. The first kappa shape index (κ1) is 15.6. The number of benzene rings is 1. The van der Waals surface area contributed by atoms with E-state index in [1.54, 1.807) is 7.11 Å². The third-order valence-corrected chi connectivity index (χ3v) is 6.09. The van der Waals surface area contributed by atoms with E-state index in [-0.39, 0.29) is 17.2 Å². The van der Waals surface area contributed by atoms with Gasteiger partial charge >= 0.3 is 0 Å². The second kappa shape index (κ2) is 5.59. The summed E-state index contributed by atoms with van der Waals surface area (Å²) in [7, 11) is 1.66. The van der Waals surface area contributed by atoms with Gasteiger partial charge in [0, 0.05) is 25.9 Å². The molecule has 1 aromatic rings. The first-order valence-corrected chi connectivity index (χ1v) is 8.81. The zero-order chi connectivity index (χ0) is 16.8. The van der Waals surface area contributed by atoms with Crippen molar-refractivity contribution in [3.8, 4) is 0 Å². The minimum absolute atomic E-state index is 0.0376. The van der Waals surface area contributed by atoms with E-state index in [0.717, 1.165) is 49.9 Å². The predicted octanol–water partition coefficient (Wildman–Crippen LogP) is 2.32. The van der Waals surface area contributed by atoms with Gasteiger partial charge in [0.2, 0.25) is 11.8 Å². The Kier molecular flexibility index (Phi) is 3.64. The van der Waals surface area contributed by atoms with Crippen molar-refractivity contribution in [2.45, 2.75) is 37.5 Å². The molecule has 1 saturated carbocycles. The molecule has 1 saturated heterocycles. The van der Waals surface area contributed by atoms with Gasteiger partial charge in [-0.15, -0.1) is 0 Å². The average Bonchev–Trinajstić information content (AvgIpc) is 2.83. The zero-order valence-electron chi connectivity index (χ0n) is 14.1. The SMILES string of the molecule is COCC1(C(=O)N2CCCC3(C2)C(=O)Nc2ccccc23)CCC1. The van der Waals surface area contributed by atoms with Crippen LogP contribution < -0.4 is 5.32 Å². The summed E-state index contributed by atoms with van der Waals surface area (Å²) in [5.74, 6) is 0.211. The van der Waals surface area contributed by atoms with Crippen LogP contribution in [0.1, 0.15) is 37.7 Å². The highest BCUT2D eigenvalue weighted by Gasteiger charge is 2.53. The third-order valence-electron chi connectivity index (χ3n) is 6.09. The number of anilines is 1. The maximum Gasteiger partial charge on any atom is 0.236 e. The fraction of sp³-hybridized carbons (Fsp3) is 0.579. The number of nitrogens with one attached hydrogen (secondary N) is 1. The second-order valence-corrected chi connectivity index (χ2v) is 7.48. The Hall–Kier alpha value is -1.88. The van der Waals surface area contributed by atoms with Crippen LogP contribution in [0.4, 0.5) is 5.69 Å². The summed E-state index contributed by atoms with van der Waals surface area (Å²) in [4.78, 5) is 27.8. The molecule has 4 rings (SSSR count). The second-order valence-electron chi connectivity index (χ2n) is 7.48. The molecule has 128 valence electrons. The first-order valence-electron chi connectivity index (χ1n) is 8.81. The Labute approximate surface area is 142 Å². The molecule has 1 atom stereocenters. The summed E-state index contributed by atoms with van der Waals surface area (Å²) < 4.78 is 5.33. The maximum absolute atomic E-state index is 13.2. The highest BCUT2D eigenvalue weighted by molar-refractivity contribution is 6.06. The number of piperidine rings is 1. The molecule has 5 heteroatoms. The third kappa shape index (κ3) is 2.10. The van der Waals surface area contributed by atoms with Crippen molar-refractivity contribution < 1.29 is 14.3 Å². The number of likely N-dealkylation sites (tertiary alicyclic amines) is 1. The Morgan fingerprint density at radius 2 is 2.04 bits per heavy atom. The number of nitrogens with zero attached hydrogens (tertiary/aromatic N) is 1. The standard InChI is InChI=1S/C19H24N2O3/c1-24-13-18(8-4-9-18)17(23)21-11-5-10-19(12-21)14-6-2-3-7-15(14)20-16(19)22/h2-3,6-7H,4-5,8-13H2,1H3,(H,20,22). The highest BCUT2D eigenvalue weighted by atomic mass is 16.5. The zero-order valence-corrected chi connectivity index (χ0v) is 14.1. The van der Waals surface area contributed by atoms with E-state index in [4.69, 9.17) is 4.74 Å². The van der Waals surface area contributed by atoms with Gasteiger partial charge in [0.1, 0.15) is 0 Å². The molecule has 2 fully saturated rings. The van der Waals surface area contributed by atoms with Crippen molar-refractivity contribution in [3.63, 3.8) is 0 Å². The van der Waals surface area contributed by atoms with Crippen LogP contribution >= 0.6 is 0 Å². The van der Waals surface area contributed by atoms with Crippen molar-refractivity contribution in [1.82, 2.24) is 4.90 Å². The Morgan fingerprint density at radius 1 is 1.25 bits per heavy atom. The van der Waals surface area contributed by atoms with Crippen LogP contribution in [0.5, 0.6) is 0 Å². The van der Waals surface area contributed by atoms with Crippen molar-refractivity contribution in [1.29, 1.82) is 0 Å². The van der Waals surface area contributed by atoms with Gasteiger partial charge in [-0.1, -0.05) is 24.6 Å². The van der Waals surface area contributed by atoms with Crippen LogP contribution in [0.2, 0.25) is 0 Å². The van der Waals surface area contributed by atoms with E-state index >= 15 is 0 Å². The van der Waals surface area contributed by atoms with Crippen LogP contribution in [0.25, 0.3) is 0 Å². The van der Waals surface area contributed by atoms with Crippen LogP contribution in [0, 0.1) is 5.41 Å². The Morgan fingerprint density at radius 3 is 2.75 bits per heavy atom. The van der Waals surface area contributed by atoms with Crippen LogP contribution in [0.15, 0.2) is 24.3 Å². The van der Waals surface area contributed by atoms with Gasteiger partial charge < -0.3 is 15.0 Å². The smallest absolute Gasteiger partial charge is 0.236 e. The number of ether oxygens (including phenoxy) is 1. The summed E-state index contributed by atoms with van der Waals surface area (Å²) in [5, 5.41) is 3.01. The largest absolute Gasteiger partial charge is 0.384 e. The Balaban J connectivity index is 1.63. The lowest BCUT2D eigenvalue weighted by Crippen LogP contribution is -2.57. The van der Waals surface area contributed by atoms with E-state index in [0.29, 0.717) is 13.2 Å². The number of hydrogen-bond acceptors (Lipinski definition) is 3. The van der Waals surface area contributed by atoms with E-state index in [2.05, 4.69) is 5.32 Å². The molecular formula is C19H24N2O3. The maximum atomic E-state index is 13.2. The van der Waals surface area contributed by atoms with Gasteiger partial charge in [0.15, 0.2) is 0 Å². The van der Waals surface area contributed by atoms with Crippen LogP contribution in [-0.4, -0.2) is 43.5 Å². The average molecular weight is 328 g/mol. The number of methoxy groups -OCH3 is 1. The number of fused-ring (bicyclic) bond motifs is 2. The van der Waals surface area contributed by atoms with Gasteiger partial charge in [-0.3, -0.25) is 9.59 Å². The van der Waals surface area contributed by atoms with Crippen molar-refractivity contribution in [2.75, 3.05) is 32.1 Å². The molecule has 3 aliphatic rings. The minimum atomic E-state index is -0.581. The van der Waals surface area contributed by atoms with Crippen molar-refractivity contribution in [2.24, 2.45) is 5.41 Å². The molecule has 0 bridgehead atoms. The number of carbonyl (C=O) groups excluding carboxylic acids is 2. The first-order chi connectivity index (χ1) is 11.6. The molecule has 1 aromatic carbocycles. The number of hydrogen-bond donors (Lipinski definition) is 1. The predicted molar refractivity (Wildman–Crippen MR) is 90.7 cm³/mol. The molecule has 0 radical (unpaired) electrons. The fourth-order valence-electron chi connectivity index (χ4n) is 4.64. The monoisotopic (exact) mass is 328 g/mol. The van der Waals surface area contributed by atoms with Crippen LogP contribution in [-0.2, 0) is 19.7 Å². The molecule has 1 N–H and O–H groups in total. The lowest BCUT2D eigenvalue weighted by molar-refractivity contribution is -0.155. The molecule has 1 spiro atoms. The number of carbonyl (C=O) groups is 2. The summed E-state index contributed by atoms with van der Waals surface area (Å²) >= 11 is 0. The molecule has 1 unspecified atom stereocenters. The number of rotatable bonds is 3. The van der Waals surface area contributed by atoms with E-state index in [1.165, 1.54) is 0 Å². The van der Waals surface area contributed by atoms with Gasteiger partial charge in [-0.05, 0) is 37.3 Å². The van der Waals surface area contributed by atoms with E-state index in [1.807, 2.05) is 29.2 Å². The minimum Gasteiger partial charge on any atom is -0.384 e. The van der Waals surface area contributed by atoms with Crippen LogP contribution in [0.3, 0.4) is 0 Å². The van der Waals surface area contributed by atoms with Gasteiger partial charge in [0.05, 0.1) is 17.4 Å². The lowest BCUT2D eigenvalue weighted by atomic mass is 9.67. The molecule has 2 aliphatic heterocycles. The number of amides is 2. The molecule has 24 heavy (non-hydrogen) atoms. The van der Waals surface area contributed by atoms with Gasteiger partial charge in [0.25, 0.3) is 0 Å². The summed E-state index contributed by atoms with van der Waals surface area (Å²) in [6, 6.07) is 7.88. The molecular weight excluding hydrogens is 304 g/mol. The van der Waals surface area contributed by atoms with Gasteiger partial charge in [-0.25, -0.2) is 0 Å². The summed E-state index contributed by atoms with van der Waals surface area (Å²) in [6.07, 6.45) is 4.53. The van der Waals surface area contributed by atoms with Crippen molar-refractivity contribution >= 4 is 17.5 Å². The van der Waals surface area contributed by atoms with E-state index < -0.39 is 5.41 Å². The molecule has 1 aliphatic carbocycles. The summed E-state index contributed by atoms with van der Waals surface area (Å²) in [5.41, 5.74) is 0.999.